The van der Waals surface area contributed by atoms with Crippen LogP contribution < -0.4 is 15.2 Å². The number of rotatable bonds is 7. The molecule has 0 aliphatic heterocycles. The molecule has 0 radical (unpaired) electrons. The number of oxime groups is 1. The fourth-order valence-electron chi connectivity index (χ4n) is 2.50. The van der Waals surface area contributed by atoms with Crippen LogP contribution in [0, 0.1) is 20.8 Å². The molecule has 6 nitrogen and oxygen atoms in total. The van der Waals surface area contributed by atoms with Crippen LogP contribution in [-0.2, 0) is 16.1 Å². The number of hydrogen-bond acceptors (Lipinski definition) is 5. The van der Waals surface area contributed by atoms with Crippen LogP contribution in [0.1, 0.15) is 22.3 Å². The standard InChI is InChI=1S/C20H24N2O4/c1-13-9-14(2)15(3)18(10-13)25-12-20(23)26-22-19(21)11-16-7-5-6-8-17(16)24-4/h5-10H,11-12H2,1-4H3,(H2,21,22). The van der Waals surface area contributed by atoms with Crippen molar-refractivity contribution < 1.29 is 19.1 Å². The van der Waals surface area contributed by atoms with Crippen LogP contribution in [0.25, 0.3) is 0 Å². The molecule has 138 valence electrons. The summed E-state index contributed by atoms with van der Waals surface area (Å²) in [6.07, 6.45) is 0.314. The molecule has 0 fully saturated rings. The maximum atomic E-state index is 11.8. The molecule has 0 aliphatic rings. The largest absolute Gasteiger partial charge is 0.496 e. The third-order valence-corrected chi connectivity index (χ3v) is 3.94. The van der Waals surface area contributed by atoms with Crippen molar-refractivity contribution in [3.05, 3.63) is 58.7 Å². The summed E-state index contributed by atoms with van der Waals surface area (Å²) < 4.78 is 10.8. The lowest BCUT2D eigenvalue weighted by Gasteiger charge is -2.11. The lowest BCUT2D eigenvalue weighted by molar-refractivity contribution is -0.146. The zero-order valence-electron chi connectivity index (χ0n) is 15.5. The third-order valence-electron chi connectivity index (χ3n) is 3.94. The van der Waals surface area contributed by atoms with E-state index in [9.17, 15) is 4.79 Å². The average Bonchev–Trinajstić information content (AvgIpc) is 2.62. The number of nitrogens with two attached hydrogens (primary N) is 1. The summed E-state index contributed by atoms with van der Waals surface area (Å²) in [5.41, 5.74) is 9.84. The molecule has 2 aromatic rings. The summed E-state index contributed by atoms with van der Waals surface area (Å²) in [6.45, 7) is 5.67. The summed E-state index contributed by atoms with van der Waals surface area (Å²) in [5, 5.41) is 3.67. The lowest BCUT2D eigenvalue weighted by Crippen LogP contribution is -2.19. The minimum Gasteiger partial charge on any atom is -0.496 e. The van der Waals surface area contributed by atoms with Gasteiger partial charge in [0.15, 0.2) is 6.61 Å². The molecule has 26 heavy (non-hydrogen) atoms. The Morgan fingerprint density at radius 3 is 2.58 bits per heavy atom. The molecule has 0 atom stereocenters. The first-order valence-electron chi connectivity index (χ1n) is 8.25. The van der Waals surface area contributed by atoms with Crippen molar-refractivity contribution >= 4 is 11.8 Å². The predicted octanol–water partition coefficient (Wildman–Crippen LogP) is 3.06. The van der Waals surface area contributed by atoms with Gasteiger partial charge in [-0.2, -0.15) is 0 Å². The molecular formula is C20H24N2O4. The number of amidine groups is 1. The molecule has 0 bridgehead atoms. The van der Waals surface area contributed by atoms with Gasteiger partial charge >= 0.3 is 5.97 Å². The van der Waals surface area contributed by atoms with Gasteiger partial charge < -0.3 is 20.0 Å². The first-order valence-corrected chi connectivity index (χ1v) is 8.25. The Morgan fingerprint density at radius 2 is 1.85 bits per heavy atom. The molecule has 0 heterocycles. The second-order valence-electron chi connectivity index (χ2n) is 6.03. The fourth-order valence-corrected chi connectivity index (χ4v) is 2.50. The van der Waals surface area contributed by atoms with Gasteiger partial charge in [-0.1, -0.05) is 29.4 Å². The predicted molar refractivity (Wildman–Crippen MR) is 101 cm³/mol. The molecule has 0 unspecified atom stereocenters. The van der Waals surface area contributed by atoms with E-state index in [0.29, 0.717) is 17.9 Å². The summed E-state index contributed by atoms with van der Waals surface area (Å²) >= 11 is 0. The Hall–Kier alpha value is -3.02. The van der Waals surface area contributed by atoms with Crippen LogP contribution >= 0.6 is 0 Å². The minimum atomic E-state index is -0.619. The van der Waals surface area contributed by atoms with E-state index in [-0.39, 0.29) is 12.4 Å². The van der Waals surface area contributed by atoms with E-state index in [2.05, 4.69) is 11.2 Å². The van der Waals surface area contributed by atoms with Crippen molar-refractivity contribution in [2.24, 2.45) is 10.9 Å². The highest BCUT2D eigenvalue weighted by Gasteiger charge is 2.10. The van der Waals surface area contributed by atoms with Crippen molar-refractivity contribution in [2.75, 3.05) is 13.7 Å². The highest BCUT2D eigenvalue weighted by atomic mass is 16.7. The Balaban J connectivity index is 1.90. The number of aryl methyl sites for hydroxylation is 2. The van der Waals surface area contributed by atoms with E-state index < -0.39 is 5.97 Å². The van der Waals surface area contributed by atoms with E-state index in [1.807, 2.05) is 51.1 Å². The SMILES string of the molecule is COc1ccccc1C/C(N)=N/OC(=O)COc1cc(C)cc(C)c1C. The average molecular weight is 356 g/mol. The van der Waals surface area contributed by atoms with Gasteiger partial charge in [0, 0.05) is 12.0 Å². The van der Waals surface area contributed by atoms with Crippen LogP contribution in [0.2, 0.25) is 0 Å². The highest BCUT2D eigenvalue weighted by Crippen LogP contribution is 2.23. The second-order valence-corrected chi connectivity index (χ2v) is 6.03. The molecule has 0 aliphatic carbocycles. The molecule has 0 spiro atoms. The Morgan fingerprint density at radius 1 is 1.12 bits per heavy atom. The lowest BCUT2D eigenvalue weighted by atomic mass is 10.1. The van der Waals surface area contributed by atoms with Crippen molar-refractivity contribution in [3.8, 4) is 11.5 Å². The molecular weight excluding hydrogens is 332 g/mol. The van der Waals surface area contributed by atoms with E-state index in [1.54, 1.807) is 7.11 Å². The van der Waals surface area contributed by atoms with Gasteiger partial charge in [-0.3, -0.25) is 0 Å². The van der Waals surface area contributed by atoms with Gasteiger partial charge in [-0.25, -0.2) is 4.79 Å². The summed E-state index contributed by atoms with van der Waals surface area (Å²) in [5.74, 6) is 0.910. The fraction of sp³-hybridized carbons (Fsp3) is 0.300. The first kappa shape index (κ1) is 19.3. The van der Waals surface area contributed by atoms with Crippen LogP contribution in [0.3, 0.4) is 0 Å². The van der Waals surface area contributed by atoms with Gasteiger partial charge in [-0.05, 0) is 49.6 Å². The minimum absolute atomic E-state index is 0.172. The number of nitrogens with zero attached hydrogens (tertiary/aromatic N) is 1. The zero-order chi connectivity index (χ0) is 19.1. The maximum absolute atomic E-state index is 11.8. The van der Waals surface area contributed by atoms with Gasteiger partial charge in [0.1, 0.15) is 17.3 Å². The topological polar surface area (TPSA) is 83.1 Å². The molecule has 0 aromatic heterocycles. The number of ether oxygens (including phenoxy) is 2. The normalized spacial score (nSPS) is 11.2. The molecule has 2 rings (SSSR count). The second kappa shape index (κ2) is 8.89. The number of hydrogen-bond donors (Lipinski definition) is 1. The number of methoxy groups -OCH3 is 1. The number of para-hydroxylation sites is 1. The zero-order valence-corrected chi connectivity index (χ0v) is 15.5. The van der Waals surface area contributed by atoms with E-state index in [0.717, 1.165) is 22.3 Å². The van der Waals surface area contributed by atoms with Crippen LogP contribution in [0.5, 0.6) is 11.5 Å². The molecule has 0 saturated heterocycles. The first-order chi connectivity index (χ1) is 12.4. The van der Waals surface area contributed by atoms with Crippen LogP contribution in [0.15, 0.2) is 41.6 Å². The van der Waals surface area contributed by atoms with Gasteiger partial charge in [0.25, 0.3) is 0 Å². The van der Waals surface area contributed by atoms with Crippen molar-refractivity contribution in [1.29, 1.82) is 0 Å². The van der Waals surface area contributed by atoms with Crippen LogP contribution in [0.4, 0.5) is 0 Å². The number of benzene rings is 2. The molecule has 2 aromatic carbocycles. The van der Waals surface area contributed by atoms with Crippen LogP contribution in [-0.4, -0.2) is 25.5 Å². The van der Waals surface area contributed by atoms with Crippen molar-refractivity contribution in [1.82, 2.24) is 0 Å². The van der Waals surface area contributed by atoms with E-state index in [4.69, 9.17) is 20.0 Å². The Labute approximate surface area is 153 Å². The van der Waals surface area contributed by atoms with Gasteiger partial charge in [0.2, 0.25) is 0 Å². The summed E-state index contributed by atoms with van der Waals surface area (Å²) in [4.78, 5) is 16.7. The highest BCUT2D eigenvalue weighted by molar-refractivity contribution is 5.83. The number of carbonyl (C=O) groups excluding carboxylic acids is 1. The molecule has 2 N–H and O–H groups in total. The third kappa shape index (κ3) is 5.24. The summed E-state index contributed by atoms with van der Waals surface area (Å²) in [6, 6.07) is 11.4. The van der Waals surface area contributed by atoms with E-state index >= 15 is 0 Å². The smallest absolute Gasteiger partial charge is 0.372 e. The van der Waals surface area contributed by atoms with Gasteiger partial charge in [0.05, 0.1) is 7.11 Å². The Bertz CT molecular complexity index is 815. The van der Waals surface area contributed by atoms with Crippen molar-refractivity contribution in [3.63, 3.8) is 0 Å². The van der Waals surface area contributed by atoms with Crippen molar-refractivity contribution in [2.45, 2.75) is 27.2 Å². The number of carbonyl (C=O) groups is 1. The molecule has 0 saturated carbocycles. The monoisotopic (exact) mass is 356 g/mol. The van der Waals surface area contributed by atoms with Gasteiger partial charge in [-0.15, -0.1) is 0 Å². The molecule has 6 heteroatoms. The maximum Gasteiger partial charge on any atom is 0.372 e. The summed E-state index contributed by atoms with van der Waals surface area (Å²) in [7, 11) is 1.58. The van der Waals surface area contributed by atoms with E-state index in [1.165, 1.54) is 0 Å². The molecule has 0 amide bonds. The Kier molecular flexibility index (Phi) is 6.60. The quantitative estimate of drug-likeness (QED) is 0.357.